The Hall–Kier alpha value is -3.15. The Morgan fingerprint density at radius 1 is 0.871 bits per heavy atom. The van der Waals surface area contributed by atoms with Crippen molar-refractivity contribution in [3.8, 4) is 0 Å². The molecule has 1 saturated heterocycles. The van der Waals surface area contributed by atoms with Crippen molar-refractivity contribution in [2.75, 3.05) is 26.2 Å². The molecule has 1 fully saturated rings. The summed E-state index contributed by atoms with van der Waals surface area (Å²) < 4.78 is 0. The fourth-order valence-corrected chi connectivity index (χ4v) is 4.51. The number of halogens is 1. The molecule has 3 aromatic carbocycles. The molecule has 3 aromatic rings. The molecule has 5 nitrogen and oxygen atoms in total. The van der Waals surface area contributed by atoms with Gasteiger partial charge in [0.1, 0.15) is 6.17 Å². The zero-order valence-corrected chi connectivity index (χ0v) is 17.8. The van der Waals surface area contributed by atoms with E-state index in [0.717, 1.165) is 29.9 Å². The SMILES string of the molecule is O=C(c1ccccc1Cl)N1CCN(C2NN=C(c3ccccc3)c3ccccc32)CC1. The summed E-state index contributed by atoms with van der Waals surface area (Å²) in [6.07, 6.45) is -0.0128. The molecule has 2 aliphatic heterocycles. The standard InChI is InChI=1S/C25H23ClN4O/c26-22-13-7-6-12-21(22)25(31)30-16-14-29(15-17-30)24-20-11-5-4-10-19(20)23(27-28-24)18-8-2-1-3-9-18/h1-13,24,28H,14-17H2. The predicted molar refractivity (Wildman–Crippen MR) is 123 cm³/mol. The number of rotatable bonds is 3. The number of carbonyl (C=O) groups excluding carboxylic acids is 1. The minimum absolute atomic E-state index is 0.00774. The van der Waals surface area contributed by atoms with E-state index < -0.39 is 0 Å². The lowest BCUT2D eigenvalue weighted by Gasteiger charge is -2.41. The summed E-state index contributed by atoms with van der Waals surface area (Å²) in [5, 5.41) is 5.24. The molecule has 0 spiro atoms. The molecule has 5 rings (SSSR count). The lowest BCUT2D eigenvalue weighted by atomic mass is 9.94. The van der Waals surface area contributed by atoms with Crippen molar-refractivity contribution in [1.29, 1.82) is 0 Å². The van der Waals surface area contributed by atoms with Gasteiger partial charge in [-0.2, -0.15) is 5.10 Å². The van der Waals surface area contributed by atoms with E-state index in [2.05, 4.69) is 46.7 Å². The first-order valence-electron chi connectivity index (χ1n) is 10.5. The zero-order chi connectivity index (χ0) is 21.2. The fourth-order valence-electron chi connectivity index (χ4n) is 4.29. The Bertz CT molecular complexity index is 1120. The van der Waals surface area contributed by atoms with E-state index in [9.17, 15) is 4.79 Å². The Morgan fingerprint density at radius 3 is 2.32 bits per heavy atom. The summed E-state index contributed by atoms with van der Waals surface area (Å²) >= 11 is 6.23. The molecule has 2 aliphatic rings. The number of nitrogens with zero attached hydrogens (tertiary/aromatic N) is 3. The van der Waals surface area contributed by atoms with Crippen molar-refractivity contribution in [3.63, 3.8) is 0 Å². The number of benzene rings is 3. The maximum Gasteiger partial charge on any atom is 0.255 e. The van der Waals surface area contributed by atoms with Crippen LogP contribution in [0.2, 0.25) is 5.02 Å². The Balaban J connectivity index is 1.33. The van der Waals surface area contributed by atoms with Gasteiger partial charge in [-0.15, -0.1) is 0 Å². The number of amides is 1. The van der Waals surface area contributed by atoms with Gasteiger partial charge in [0.25, 0.3) is 5.91 Å². The van der Waals surface area contributed by atoms with Gasteiger partial charge in [-0.05, 0) is 17.7 Å². The third kappa shape index (κ3) is 3.82. The van der Waals surface area contributed by atoms with Crippen molar-refractivity contribution in [2.24, 2.45) is 5.10 Å². The first-order valence-corrected chi connectivity index (χ1v) is 10.9. The molecule has 1 amide bonds. The monoisotopic (exact) mass is 430 g/mol. The van der Waals surface area contributed by atoms with Crippen molar-refractivity contribution in [3.05, 3.63) is 106 Å². The molecule has 2 heterocycles. The smallest absolute Gasteiger partial charge is 0.255 e. The molecule has 6 heteroatoms. The predicted octanol–water partition coefficient (Wildman–Crippen LogP) is 4.15. The number of hydrogen-bond donors (Lipinski definition) is 1. The van der Waals surface area contributed by atoms with Gasteiger partial charge >= 0.3 is 0 Å². The van der Waals surface area contributed by atoms with Gasteiger partial charge in [0.05, 0.1) is 16.3 Å². The molecule has 0 aliphatic carbocycles. The molecule has 0 bridgehead atoms. The molecule has 1 N–H and O–H groups in total. The first kappa shape index (κ1) is 19.8. The number of piperazine rings is 1. The molecular weight excluding hydrogens is 408 g/mol. The van der Waals surface area contributed by atoms with Crippen LogP contribution in [0.1, 0.15) is 33.2 Å². The number of nitrogens with one attached hydrogen (secondary N) is 1. The Kier molecular flexibility index (Phi) is 5.45. The molecule has 31 heavy (non-hydrogen) atoms. The van der Waals surface area contributed by atoms with Crippen LogP contribution < -0.4 is 5.43 Å². The van der Waals surface area contributed by atoms with Crippen LogP contribution in [0, 0.1) is 0 Å². The summed E-state index contributed by atoms with van der Waals surface area (Å²) in [5.41, 5.74) is 8.34. The van der Waals surface area contributed by atoms with Crippen molar-refractivity contribution in [2.45, 2.75) is 6.17 Å². The molecule has 0 aromatic heterocycles. The highest BCUT2D eigenvalue weighted by Crippen LogP contribution is 2.29. The quantitative estimate of drug-likeness (QED) is 0.679. The molecule has 1 unspecified atom stereocenters. The second-order valence-electron chi connectivity index (χ2n) is 7.75. The molecule has 1 atom stereocenters. The van der Waals surface area contributed by atoms with E-state index in [1.807, 2.05) is 35.2 Å². The topological polar surface area (TPSA) is 47.9 Å². The van der Waals surface area contributed by atoms with Gasteiger partial charge in [0.15, 0.2) is 0 Å². The Labute approximate surface area is 186 Å². The van der Waals surface area contributed by atoms with E-state index >= 15 is 0 Å². The van der Waals surface area contributed by atoms with Gasteiger partial charge in [-0.1, -0.05) is 78.3 Å². The first-order chi connectivity index (χ1) is 15.2. The highest BCUT2D eigenvalue weighted by Gasteiger charge is 2.31. The van der Waals surface area contributed by atoms with Crippen LogP contribution in [-0.2, 0) is 0 Å². The summed E-state index contributed by atoms with van der Waals surface area (Å²) in [6.45, 7) is 2.83. The van der Waals surface area contributed by atoms with E-state index in [1.165, 1.54) is 5.56 Å². The van der Waals surface area contributed by atoms with Gasteiger partial charge in [0, 0.05) is 37.3 Å². The minimum Gasteiger partial charge on any atom is -0.336 e. The number of carbonyl (C=O) groups is 1. The maximum atomic E-state index is 12.9. The number of hydrogen-bond acceptors (Lipinski definition) is 4. The average Bonchev–Trinajstić information content (AvgIpc) is 2.84. The average molecular weight is 431 g/mol. The van der Waals surface area contributed by atoms with E-state index in [1.54, 1.807) is 12.1 Å². The largest absolute Gasteiger partial charge is 0.336 e. The van der Waals surface area contributed by atoms with Crippen LogP contribution in [0.15, 0.2) is 84.0 Å². The summed E-state index contributed by atoms with van der Waals surface area (Å²) in [4.78, 5) is 17.1. The molecule has 0 saturated carbocycles. The normalized spacial score (nSPS) is 18.7. The van der Waals surface area contributed by atoms with Crippen LogP contribution in [0.4, 0.5) is 0 Å². The second-order valence-corrected chi connectivity index (χ2v) is 8.16. The van der Waals surface area contributed by atoms with Crippen LogP contribution in [0.5, 0.6) is 0 Å². The van der Waals surface area contributed by atoms with Crippen LogP contribution in [0.25, 0.3) is 0 Å². The minimum atomic E-state index is -0.0128. The fraction of sp³-hybridized carbons (Fsp3) is 0.200. The van der Waals surface area contributed by atoms with Gasteiger partial charge < -0.3 is 4.90 Å². The molecule has 0 radical (unpaired) electrons. The van der Waals surface area contributed by atoms with Crippen molar-refractivity contribution in [1.82, 2.24) is 15.2 Å². The summed E-state index contributed by atoms with van der Waals surface area (Å²) in [5.74, 6) is -0.00774. The summed E-state index contributed by atoms with van der Waals surface area (Å²) in [6, 6.07) is 25.9. The highest BCUT2D eigenvalue weighted by molar-refractivity contribution is 6.33. The zero-order valence-electron chi connectivity index (χ0n) is 17.0. The number of hydrazone groups is 1. The molecule has 156 valence electrons. The van der Waals surface area contributed by atoms with Gasteiger partial charge in [-0.3, -0.25) is 15.1 Å². The third-order valence-corrected chi connectivity index (χ3v) is 6.26. The molecular formula is C25H23ClN4O. The van der Waals surface area contributed by atoms with Crippen LogP contribution >= 0.6 is 11.6 Å². The van der Waals surface area contributed by atoms with Crippen LogP contribution in [-0.4, -0.2) is 47.6 Å². The van der Waals surface area contributed by atoms with Crippen molar-refractivity contribution < 1.29 is 4.79 Å². The third-order valence-electron chi connectivity index (χ3n) is 5.93. The van der Waals surface area contributed by atoms with E-state index in [0.29, 0.717) is 23.7 Å². The lowest BCUT2D eigenvalue weighted by Crippen LogP contribution is -2.52. The lowest BCUT2D eigenvalue weighted by molar-refractivity contribution is 0.0525. The van der Waals surface area contributed by atoms with Gasteiger partial charge in [0.2, 0.25) is 0 Å². The highest BCUT2D eigenvalue weighted by atomic mass is 35.5. The Morgan fingerprint density at radius 2 is 1.55 bits per heavy atom. The second kappa shape index (κ2) is 8.53. The maximum absolute atomic E-state index is 12.9. The van der Waals surface area contributed by atoms with Crippen molar-refractivity contribution >= 4 is 23.2 Å². The van der Waals surface area contributed by atoms with E-state index in [4.69, 9.17) is 16.7 Å². The van der Waals surface area contributed by atoms with Crippen LogP contribution in [0.3, 0.4) is 0 Å². The van der Waals surface area contributed by atoms with E-state index in [-0.39, 0.29) is 12.1 Å². The van der Waals surface area contributed by atoms with Gasteiger partial charge in [-0.25, -0.2) is 0 Å². The number of fused-ring (bicyclic) bond motifs is 1. The summed E-state index contributed by atoms with van der Waals surface area (Å²) in [7, 11) is 0.